The Morgan fingerprint density at radius 3 is 2.85 bits per heavy atom. The maximum absolute atomic E-state index is 5.81. The number of rotatable bonds is 4. The van der Waals surface area contributed by atoms with Crippen molar-refractivity contribution in [3.05, 3.63) is 33.0 Å². The minimum absolute atomic E-state index is 0.271. The second-order valence-electron chi connectivity index (χ2n) is 2.76. The van der Waals surface area contributed by atoms with Gasteiger partial charge in [0.2, 0.25) is 0 Å². The Kier molecular flexibility index (Phi) is 4.26. The molecular formula is C9H11Cl2NS. The van der Waals surface area contributed by atoms with E-state index in [0.717, 1.165) is 4.34 Å². The Labute approximate surface area is 92.4 Å². The summed E-state index contributed by atoms with van der Waals surface area (Å²) < 4.78 is 0.813. The van der Waals surface area contributed by atoms with Crippen molar-refractivity contribution in [2.75, 3.05) is 6.54 Å². The number of nitrogens with one attached hydrogen (secondary N) is 1. The molecule has 0 aliphatic carbocycles. The second kappa shape index (κ2) is 5.01. The lowest BCUT2D eigenvalue weighted by molar-refractivity contribution is 0.624. The van der Waals surface area contributed by atoms with Crippen LogP contribution in [0.3, 0.4) is 0 Å². The molecule has 0 saturated carbocycles. The summed E-state index contributed by atoms with van der Waals surface area (Å²) in [4.78, 5) is 1.21. The van der Waals surface area contributed by atoms with Crippen molar-refractivity contribution in [1.29, 1.82) is 0 Å². The van der Waals surface area contributed by atoms with Gasteiger partial charge in [0.05, 0.1) is 4.34 Å². The van der Waals surface area contributed by atoms with Gasteiger partial charge in [0, 0.05) is 22.5 Å². The molecule has 13 heavy (non-hydrogen) atoms. The number of hydrogen-bond acceptors (Lipinski definition) is 2. The molecule has 1 aromatic rings. The highest BCUT2D eigenvalue weighted by atomic mass is 35.5. The largest absolute Gasteiger partial charge is 0.304 e. The predicted octanol–water partition coefficient (Wildman–Crippen LogP) is 3.80. The van der Waals surface area contributed by atoms with Crippen LogP contribution in [0.4, 0.5) is 0 Å². The number of hydrogen-bond donors (Lipinski definition) is 1. The smallest absolute Gasteiger partial charge is 0.0931 e. The Morgan fingerprint density at radius 1 is 1.69 bits per heavy atom. The fraction of sp³-hybridized carbons (Fsp3) is 0.333. The summed E-state index contributed by atoms with van der Waals surface area (Å²) in [6, 6.07) is 4.18. The zero-order valence-electron chi connectivity index (χ0n) is 7.31. The molecular weight excluding hydrogens is 225 g/mol. The van der Waals surface area contributed by atoms with E-state index in [1.54, 1.807) is 11.3 Å². The third kappa shape index (κ3) is 3.69. The summed E-state index contributed by atoms with van der Waals surface area (Å²) in [7, 11) is 0. The molecule has 1 N–H and O–H groups in total. The molecule has 0 fully saturated rings. The molecule has 4 heteroatoms. The summed E-state index contributed by atoms with van der Waals surface area (Å²) in [6.45, 7) is 6.30. The molecule has 1 unspecified atom stereocenters. The van der Waals surface area contributed by atoms with E-state index in [2.05, 4.69) is 18.8 Å². The molecule has 0 aromatic carbocycles. The monoisotopic (exact) mass is 235 g/mol. The van der Waals surface area contributed by atoms with Crippen LogP contribution in [0, 0.1) is 0 Å². The topological polar surface area (TPSA) is 12.0 Å². The molecule has 0 saturated heterocycles. The van der Waals surface area contributed by atoms with E-state index in [1.807, 2.05) is 12.1 Å². The average Bonchev–Trinajstić information content (AvgIpc) is 2.47. The van der Waals surface area contributed by atoms with E-state index in [4.69, 9.17) is 23.2 Å². The highest BCUT2D eigenvalue weighted by Gasteiger charge is 2.06. The summed E-state index contributed by atoms with van der Waals surface area (Å²) in [5.74, 6) is 0. The molecule has 1 aromatic heterocycles. The highest BCUT2D eigenvalue weighted by Crippen LogP contribution is 2.26. The fourth-order valence-electron chi connectivity index (χ4n) is 0.925. The van der Waals surface area contributed by atoms with Crippen molar-refractivity contribution < 1.29 is 0 Å². The Balaban J connectivity index is 2.48. The van der Waals surface area contributed by atoms with Crippen LogP contribution in [0.5, 0.6) is 0 Å². The zero-order chi connectivity index (χ0) is 9.84. The van der Waals surface area contributed by atoms with Gasteiger partial charge in [0.25, 0.3) is 0 Å². The van der Waals surface area contributed by atoms with E-state index in [0.29, 0.717) is 11.6 Å². The van der Waals surface area contributed by atoms with E-state index in [9.17, 15) is 0 Å². The van der Waals surface area contributed by atoms with Gasteiger partial charge >= 0.3 is 0 Å². The van der Waals surface area contributed by atoms with Crippen LogP contribution in [0.1, 0.15) is 17.8 Å². The van der Waals surface area contributed by atoms with Gasteiger partial charge in [-0.2, -0.15) is 0 Å². The molecule has 72 valence electrons. The van der Waals surface area contributed by atoms with Gasteiger partial charge in [-0.1, -0.05) is 29.8 Å². The van der Waals surface area contributed by atoms with Gasteiger partial charge in [-0.05, 0) is 19.1 Å². The Hall–Kier alpha value is -0.0200. The van der Waals surface area contributed by atoms with Crippen LogP contribution < -0.4 is 5.32 Å². The highest BCUT2D eigenvalue weighted by molar-refractivity contribution is 7.16. The summed E-state index contributed by atoms with van der Waals surface area (Å²) >= 11 is 13.0. The van der Waals surface area contributed by atoms with Crippen molar-refractivity contribution in [3.63, 3.8) is 0 Å². The van der Waals surface area contributed by atoms with E-state index < -0.39 is 0 Å². The maximum atomic E-state index is 5.81. The maximum Gasteiger partial charge on any atom is 0.0931 e. The third-order valence-corrected chi connectivity index (χ3v) is 3.17. The van der Waals surface area contributed by atoms with Crippen LogP contribution in [-0.2, 0) is 0 Å². The van der Waals surface area contributed by atoms with Crippen LogP contribution in [0.25, 0.3) is 0 Å². The zero-order valence-corrected chi connectivity index (χ0v) is 9.64. The first kappa shape index (κ1) is 11.1. The molecule has 1 nitrogen and oxygen atoms in total. The first-order valence-corrected chi connectivity index (χ1v) is 5.48. The van der Waals surface area contributed by atoms with E-state index >= 15 is 0 Å². The van der Waals surface area contributed by atoms with Gasteiger partial charge < -0.3 is 5.32 Å². The fourth-order valence-corrected chi connectivity index (χ4v) is 2.09. The van der Waals surface area contributed by atoms with Gasteiger partial charge in [0.15, 0.2) is 0 Å². The van der Waals surface area contributed by atoms with Crippen LogP contribution in [-0.4, -0.2) is 6.54 Å². The number of thiophene rings is 1. The molecule has 1 rings (SSSR count). The SMILES string of the molecule is C=C(Cl)CNC(C)c1ccc(Cl)s1. The van der Waals surface area contributed by atoms with Crippen LogP contribution in [0.2, 0.25) is 4.34 Å². The van der Waals surface area contributed by atoms with Crippen molar-refractivity contribution >= 4 is 34.5 Å². The molecule has 0 amide bonds. The first-order chi connectivity index (χ1) is 6.09. The molecule has 0 aliphatic heterocycles. The third-order valence-electron chi connectivity index (χ3n) is 1.62. The minimum atomic E-state index is 0.271. The average molecular weight is 236 g/mol. The second-order valence-corrected chi connectivity index (χ2v) is 5.04. The molecule has 0 radical (unpaired) electrons. The van der Waals surface area contributed by atoms with Crippen molar-refractivity contribution in [2.24, 2.45) is 0 Å². The predicted molar refractivity (Wildman–Crippen MR) is 60.7 cm³/mol. The van der Waals surface area contributed by atoms with Gasteiger partial charge in [-0.15, -0.1) is 11.3 Å². The van der Waals surface area contributed by atoms with Crippen molar-refractivity contribution in [3.8, 4) is 0 Å². The van der Waals surface area contributed by atoms with Crippen LogP contribution >= 0.6 is 34.5 Å². The quantitative estimate of drug-likeness (QED) is 0.838. The molecule has 0 bridgehead atoms. The lowest BCUT2D eigenvalue weighted by Gasteiger charge is -2.10. The standard InChI is InChI=1S/C9H11Cl2NS/c1-6(10)5-12-7(2)8-3-4-9(11)13-8/h3-4,7,12H,1,5H2,2H3. The molecule has 1 heterocycles. The Morgan fingerprint density at radius 2 is 2.38 bits per heavy atom. The summed E-state index contributed by atoms with van der Waals surface area (Å²) in [6.07, 6.45) is 0. The summed E-state index contributed by atoms with van der Waals surface area (Å²) in [5.41, 5.74) is 0. The Bertz CT molecular complexity index is 296. The first-order valence-electron chi connectivity index (χ1n) is 3.91. The van der Waals surface area contributed by atoms with Crippen LogP contribution in [0.15, 0.2) is 23.7 Å². The molecule has 1 atom stereocenters. The minimum Gasteiger partial charge on any atom is -0.304 e. The van der Waals surface area contributed by atoms with Gasteiger partial charge in [-0.3, -0.25) is 0 Å². The van der Waals surface area contributed by atoms with Crippen molar-refractivity contribution in [1.82, 2.24) is 5.32 Å². The van der Waals surface area contributed by atoms with Crippen molar-refractivity contribution in [2.45, 2.75) is 13.0 Å². The normalized spacial score (nSPS) is 12.8. The van der Waals surface area contributed by atoms with E-state index in [1.165, 1.54) is 4.88 Å². The van der Waals surface area contributed by atoms with Gasteiger partial charge in [0.1, 0.15) is 0 Å². The van der Waals surface area contributed by atoms with Gasteiger partial charge in [-0.25, -0.2) is 0 Å². The molecule has 0 aliphatic rings. The molecule has 0 spiro atoms. The lowest BCUT2D eigenvalue weighted by atomic mass is 10.3. The summed E-state index contributed by atoms with van der Waals surface area (Å²) in [5, 5.41) is 3.85. The lowest BCUT2D eigenvalue weighted by Crippen LogP contribution is -2.18. The van der Waals surface area contributed by atoms with E-state index in [-0.39, 0.29) is 6.04 Å². The number of halogens is 2.